The van der Waals surface area contributed by atoms with Gasteiger partial charge in [0.15, 0.2) is 17.5 Å². The van der Waals surface area contributed by atoms with Crippen LogP contribution in [0.15, 0.2) is 17.0 Å². The quantitative estimate of drug-likeness (QED) is 0.689. The Labute approximate surface area is 140 Å². The Hall–Kier alpha value is -1.16. The molecule has 0 bridgehead atoms. The molecule has 0 N–H and O–H groups in total. The first-order valence-electron chi connectivity index (χ1n) is 7.58. The van der Waals surface area contributed by atoms with Gasteiger partial charge in [0.05, 0.1) is 6.61 Å². The Bertz CT molecular complexity index is 685. The second-order valence-corrected chi connectivity index (χ2v) is 7.92. The summed E-state index contributed by atoms with van der Waals surface area (Å²) in [5.74, 6) is -4.79. The van der Waals surface area contributed by atoms with Gasteiger partial charge in [0.25, 0.3) is 0 Å². The van der Waals surface area contributed by atoms with E-state index in [9.17, 15) is 21.6 Å². The highest BCUT2D eigenvalue weighted by atomic mass is 32.2. The van der Waals surface area contributed by atoms with Crippen LogP contribution in [0.4, 0.5) is 13.2 Å². The van der Waals surface area contributed by atoms with Crippen molar-refractivity contribution < 1.29 is 26.3 Å². The van der Waals surface area contributed by atoms with E-state index >= 15 is 0 Å². The average Bonchev–Trinajstić information content (AvgIpc) is 2.97. The van der Waals surface area contributed by atoms with Crippen molar-refractivity contribution in [2.45, 2.75) is 11.3 Å². The number of methoxy groups -OCH3 is 1. The normalized spacial score (nSPS) is 19.3. The first-order valence-corrected chi connectivity index (χ1v) is 9.02. The van der Waals surface area contributed by atoms with Crippen molar-refractivity contribution in [3.05, 3.63) is 29.6 Å². The summed E-state index contributed by atoms with van der Waals surface area (Å²) in [6.07, 6.45) is 0.809. The lowest BCUT2D eigenvalue weighted by Crippen LogP contribution is -2.34. The van der Waals surface area contributed by atoms with E-state index in [0.717, 1.165) is 29.9 Å². The van der Waals surface area contributed by atoms with Gasteiger partial charge in [-0.2, -0.15) is 0 Å². The Kier molecular flexibility index (Phi) is 6.24. The maximum Gasteiger partial charge on any atom is 0.245 e. The molecular formula is C15H21F3N2O3S. The summed E-state index contributed by atoms with van der Waals surface area (Å²) >= 11 is 0. The number of rotatable bonds is 7. The Balaban J connectivity index is 2.07. The van der Waals surface area contributed by atoms with Crippen molar-refractivity contribution >= 4 is 10.0 Å². The van der Waals surface area contributed by atoms with Gasteiger partial charge in [0.1, 0.15) is 4.90 Å². The predicted octanol–water partition coefficient (Wildman–Crippen LogP) is 1.69. The number of hydrogen-bond acceptors (Lipinski definition) is 4. The molecule has 0 amide bonds. The van der Waals surface area contributed by atoms with Crippen LogP contribution >= 0.6 is 0 Å². The van der Waals surface area contributed by atoms with Crippen LogP contribution in [0.5, 0.6) is 0 Å². The van der Waals surface area contributed by atoms with Gasteiger partial charge in [0, 0.05) is 33.8 Å². The topological polar surface area (TPSA) is 49.9 Å². The third-order valence-corrected chi connectivity index (χ3v) is 6.03. The van der Waals surface area contributed by atoms with Gasteiger partial charge < -0.3 is 9.64 Å². The highest BCUT2D eigenvalue weighted by Crippen LogP contribution is 2.24. The summed E-state index contributed by atoms with van der Waals surface area (Å²) in [5.41, 5.74) is 0. The van der Waals surface area contributed by atoms with E-state index < -0.39 is 32.4 Å². The molecule has 5 nitrogen and oxygen atoms in total. The maximum atomic E-state index is 13.8. The van der Waals surface area contributed by atoms with Crippen LogP contribution in [0.25, 0.3) is 0 Å². The van der Waals surface area contributed by atoms with Gasteiger partial charge in [0.2, 0.25) is 10.0 Å². The van der Waals surface area contributed by atoms with Gasteiger partial charge in [-0.3, -0.25) is 0 Å². The van der Waals surface area contributed by atoms with Crippen LogP contribution in [-0.4, -0.2) is 64.6 Å². The zero-order chi connectivity index (χ0) is 17.9. The molecule has 1 aliphatic rings. The van der Waals surface area contributed by atoms with Crippen LogP contribution in [0.1, 0.15) is 6.42 Å². The second kappa shape index (κ2) is 7.81. The van der Waals surface area contributed by atoms with Crippen molar-refractivity contribution in [3.63, 3.8) is 0 Å². The van der Waals surface area contributed by atoms with E-state index in [-0.39, 0.29) is 12.5 Å². The Morgan fingerprint density at radius 1 is 1.29 bits per heavy atom. The van der Waals surface area contributed by atoms with Gasteiger partial charge in [-0.25, -0.2) is 25.9 Å². The van der Waals surface area contributed by atoms with E-state index in [1.807, 2.05) is 0 Å². The molecule has 9 heteroatoms. The van der Waals surface area contributed by atoms with E-state index in [2.05, 4.69) is 4.90 Å². The molecule has 1 aromatic rings. The molecule has 24 heavy (non-hydrogen) atoms. The standard InChI is InChI=1S/C15H21F3N2O3S/c1-19(9-11-5-6-20(10-11)7-8-23-2)24(21,22)13-4-3-12(16)14(17)15(13)18/h3-4,11H,5-10H2,1-2H3. The molecule has 0 saturated carbocycles. The summed E-state index contributed by atoms with van der Waals surface area (Å²) in [7, 11) is -1.29. The molecule has 1 fully saturated rings. The number of sulfonamides is 1. The van der Waals surface area contributed by atoms with Crippen molar-refractivity contribution in [2.24, 2.45) is 5.92 Å². The van der Waals surface area contributed by atoms with E-state index in [1.165, 1.54) is 7.05 Å². The summed E-state index contributed by atoms with van der Waals surface area (Å²) < 4.78 is 70.9. The first kappa shape index (κ1) is 19.2. The Morgan fingerprint density at radius 3 is 2.67 bits per heavy atom. The monoisotopic (exact) mass is 366 g/mol. The molecule has 1 aromatic carbocycles. The fourth-order valence-electron chi connectivity index (χ4n) is 2.82. The zero-order valence-electron chi connectivity index (χ0n) is 13.6. The molecule has 136 valence electrons. The molecule has 2 rings (SSSR count). The third kappa shape index (κ3) is 4.08. The number of nitrogens with zero attached hydrogens (tertiary/aromatic N) is 2. The summed E-state index contributed by atoms with van der Waals surface area (Å²) in [4.78, 5) is 1.31. The third-order valence-electron chi connectivity index (χ3n) is 4.18. The van der Waals surface area contributed by atoms with Crippen molar-refractivity contribution in [1.82, 2.24) is 9.21 Å². The minimum absolute atomic E-state index is 0.0926. The van der Waals surface area contributed by atoms with Crippen LogP contribution in [0.3, 0.4) is 0 Å². The Morgan fingerprint density at radius 2 is 2.00 bits per heavy atom. The highest BCUT2D eigenvalue weighted by molar-refractivity contribution is 7.89. The fourth-order valence-corrected chi connectivity index (χ4v) is 4.12. The summed E-state index contributed by atoms with van der Waals surface area (Å²) in [6, 6.07) is 1.36. The predicted molar refractivity (Wildman–Crippen MR) is 82.6 cm³/mol. The molecule has 0 aliphatic carbocycles. The van der Waals surface area contributed by atoms with Gasteiger partial charge in [-0.05, 0) is 31.0 Å². The lowest BCUT2D eigenvalue weighted by molar-refractivity contribution is 0.158. The average molecular weight is 366 g/mol. The number of likely N-dealkylation sites (tertiary alicyclic amines) is 1. The zero-order valence-corrected chi connectivity index (χ0v) is 14.5. The van der Waals surface area contributed by atoms with Crippen LogP contribution in [-0.2, 0) is 14.8 Å². The summed E-state index contributed by atoms with van der Waals surface area (Å²) in [5, 5.41) is 0. The van der Waals surface area contributed by atoms with Crippen molar-refractivity contribution in [3.8, 4) is 0 Å². The molecular weight excluding hydrogens is 345 g/mol. The van der Waals surface area contributed by atoms with Gasteiger partial charge >= 0.3 is 0 Å². The van der Waals surface area contributed by atoms with E-state index in [0.29, 0.717) is 19.2 Å². The lowest BCUT2D eigenvalue weighted by Gasteiger charge is -2.22. The number of benzene rings is 1. The van der Waals surface area contributed by atoms with Crippen LogP contribution < -0.4 is 0 Å². The molecule has 1 aliphatic heterocycles. The van der Waals surface area contributed by atoms with Gasteiger partial charge in [-0.15, -0.1) is 0 Å². The smallest absolute Gasteiger partial charge is 0.245 e. The SMILES string of the molecule is COCCN1CCC(CN(C)S(=O)(=O)c2ccc(F)c(F)c2F)C1. The lowest BCUT2D eigenvalue weighted by atomic mass is 10.1. The number of halogens is 3. The first-order chi connectivity index (χ1) is 11.3. The van der Waals surface area contributed by atoms with Crippen LogP contribution in [0.2, 0.25) is 0 Å². The van der Waals surface area contributed by atoms with Crippen molar-refractivity contribution in [1.29, 1.82) is 0 Å². The molecule has 1 unspecified atom stereocenters. The van der Waals surface area contributed by atoms with E-state index in [1.54, 1.807) is 7.11 Å². The molecule has 1 saturated heterocycles. The van der Waals surface area contributed by atoms with Crippen molar-refractivity contribution in [2.75, 3.05) is 46.9 Å². The summed E-state index contributed by atoms with van der Waals surface area (Å²) in [6.45, 7) is 3.09. The second-order valence-electron chi connectivity index (χ2n) is 5.91. The molecule has 0 radical (unpaired) electrons. The fraction of sp³-hybridized carbons (Fsp3) is 0.600. The molecule has 1 atom stereocenters. The van der Waals surface area contributed by atoms with Gasteiger partial charge in [-0.1, -0.05) is 0 Å². The number of ether oxygens (including phenoxy) is 1. The largest absolute Gasteiger partial charge is 0.383 e. The van der Waals surface area contributed by atoms with Crippen LogP contribution in [0, 0.1) is 23.4 Å². The molecule has 0 spiro atoms. The minimum atomic E-state index is -4.22. The van der Waals surface area contributed by atoms with E-state index in [4.69, 9.17) is 4.74 Å². The maximum absolute atomic E-state index is 13.8. The number of hydrogen-bond donors (Lipinski definition) is 0. The minimum Gasteiger partial charge on any atom is -0.383 e. The molecule has 0 aromatic heterocycles. The highest BCUT2D eigenvalue weighted by Gasteiger charge is 2.31. The molecule has 1 heterocycles.